The van der Waals surface area contributed by atoms with Gasteiger partial charge in [0.2, 0.25) is 0 Å². The standard InChI is InChI=1S/C13H16BN/c1-3-14(4-2)12-9-11-7-5-6-8-13(11)15-10-12/h5-10H,3-4H2,1-2H3. The molecule has 0 bridgehead atoms. The summed E-state index contributed by atoms with van der Waals surface area (Å²) in [6.07, 6.45) is 4.41. The van der Waals surface area contributed by atoms with Crippen LogP contribution < -0.4 is 5.46 Å². The van der Waals surface area contributed by atoms with E-state index in [4.69, 9.17) is 0 Å². The van der Waals surface area contributed by atoms with E-state index in [0.717, 1.165) is 5.52 Å². The second-order valence-corrected chi connectivity index (χ2v) is 3.97. The predicted octanol–water partition coefficient (Wildman–Crippen LogP) is 2.98. The van der Waals surface area contributed by atoms with Crippen molar-refractivity contribution in [2.24, 2.45) is 0 Å². The number of aromatic nitrogens is 1. The largest absolute Gasteiger partial charge is 0.257 e. The molecule has 0 unspecified atom stereocenters. The van der Waals surface area contributed by atoms with Crippen LogP contribution in [0.5, 0.6) is 0 Å². The van der Waals surface area contributed by atoms with E-state index in [-0.39, 0.29) is 0 Å². The molecule has 2 heteroatoms. The van der Waals surface area contributed by atoms with E-state index in [0.29, 0.717) is 6.71 Å². The maximum absolute atomic E-state index is 4.50. The molecule has 0 aliphatic heterocycles. The average Bonchev–Trinajstić information content (AvgIpc) is 2.30. The van der Waals surface area contributed by atoms with E-state index in [1.807, 2.05) is 12.3 Å². The van der Waals surface area contributed by atoms with E-state index >= 15 is 0 Å². The second-order valence-electron chi connectivity index (χ2n) is 3.97. The third kappa shape index (κ3) is 2.04. The first-order chi connectivity index (χ1) is 7.35. The molecule has 0 fully saturated rings. The van der Waals surface area contributed by atoms with Gasteiger partial charge in [0.25, 0.3) is 0 Å². The van der Waals surface area contributed by atoms with E-state index < -0.39 is 0 Å². The molecule has 0 amide bonds. The molecule has 0 aliphatic rings. The molecular formula is C13H16BN. The van der Waals surface area contributed by atoms with Crippen LogP contribution in [0.25, 0.3) is 10.9 Å². The van der Waals surface area contributed by atoms with Crippen molar-refractivity contribution in [3.8, 4) is 0 Å². The lowest BCUT2D eigenvalue weighted by Crippen LogP contribution is -2.28. The molecule has 2 aromatic rings. The highest BCUT2D eigenvalue weighted by atomic mass is 14.6. The zero-order valence-corrected chi connectivity index (χ0v) is 9.40. The minimum Gasteiger partial charge on any atom is -0.257 e. The zero-order chi connectivity index (χ0) is 10.7. The maximum atomic E-state index is 4.50. The van der Waals surface area contributed by atoms with Crippen LogP contribution in [0, 0.1) is 0 Å². The first-order valence-electron chi connectivity index (χ1n) is 5.69. The van der Waals surface area contributed by atoms with Gasteiger partial charge in [0.15, 0.2) is 6.71 Å². The van der Waals surface area contributed by atoms with Gasteiger partial charge in [-0.15, -0.1) is 0 Å². The van der Waals surface area contributed by atoms with Crippen molar-refractivity contribution in [1.82, 2.24) is 4.98 Å². The highest BCUT2D eigenvalue weighted by Gasteiger charge is 2.11. The fourth-order valence-corrected chi connectivity index (χ4v) is 2.07. The summed E-state index contributed by atoms with van der Waals surface area (Å²) in [5.74, 6) is 0. The van der Waals surface area contributed by atoms with E-state index in [1.54, 1.807) is 0 Å². The van der Waals surface area contributed by atoms with Crippen molar-refractivity contribution in [1.29, 1.82) is 0 Å². The van der Waals surface area contributed by atoms with Crippen molar-refractivity contribution in [3.05, 3.63) is 36.5 Å². The van der Waals surface area contributed by atoms with Gasteiger partial charge in [0, 0.05) is 6.20 Å². The van der Waals surface area contributed by atoms with Gasteiger partial charge in [-0.1, -0.05) is 56.2 Å². The van der Waals surface area contributed by atoms with Crippen LogP contribution in [-0.2, 0) is 0 Å². The summed E-state index contributed by atoms with van der Waals surface area (Å²) in [4.78, 5) is 4.50. The topological polar surface area (TPSA) is 12.9 Å². The number of benzene rings is 1. The summed E-state index contributed by atoms with van der Waals surface area (Å²) in [5, 5.41) is 1.25. The lowest BCUT2D eigenvalue weighted by atomic mass is 9.41. The minimum absolute atomic E-state index is 0.655. The number of rotatable bonds is 3. The van der Waals surface area contributed by atoms with Gasteiger partial charge in [0.05, 0.1) is 5.52 Å². The molecule has 0 atom stereocenters. The molecule has 76 valence electrons. The third-order valence-corrected chi connectivity index (χ3v) is 3.07. The molecular weight excluding hydrogens is 181 g/mol. The number of nitrogens with zero attached hydrogens (tertiary/aromatic N) is 1. The van der Waals surface area contributed by atoms with Crippen molar-refractivity contribution >= 4 is 23.1 Å². The van der Waals surface area contributed by atoms with Crippen molar-refractivity contribution < 1.29 is 0 Å². The quantitative estimate of drug-likeness (QED) is 0.689. The first kappa shape index (κ1) is 10.2. The Hall–Kier alpha value is -1.31. The van der Waals surface area contributed by atoms with Crippen LogP contribution in [0.1, 0.15) is 13.8 Å². The van der Waals surface area contributed by atoms with E-state index in [9.17, 15) is 0 Å². The zero-order valence-electron chi connectivity index (χ0n) is 9.40. The SMILES string of the molecule is CCB(CC)c1cnc2ccccc2c1. The van der Waals surface area contributed by atoms with Crippen molar-refractivity contribution in [2.75, 3.05) is 0 Å². The Morgan fingerprint density at radius 3 is 2.60 bits per heavy atom. The monoisotopic (exact) mass is 197 g/mol. The van der Waals surface area contributed by atoms with Crippen LogP contribution in [0.4, 0.5) is 0 Å². The van der Waals surface area contributed by atoms with Crippen LogP contribution in [0.2, 0.25) is 12.6 Å². The number of fused-ring (bicyclic) bond motifs is 1. The van der Waals surface area contributed by atoms with Gasteiger partial charge in [-0.05, 0) is 11.5 Å². The summed E-state index contributed by atoms with van der Waals surface area (Å²) < 4.78 is 0. The lowest BCUT2D eigenvalue weighted by Gasteiger charge is -2.09. The molecule has 0 aliphatic carbocycles. The third-order valence-electron chi connectivity index (χ3n) is 3.07. The fraction of sp³-hybridized carbons (Fsp3) is 0.308. The number of hydrogen-bond donors (Lipinski definition) is 0. The highest BCUT2D eigenvalue weighted by molar-refractivity contribution is 6.73. The van der Waals surface area contributed by atoms with Gasteiger partial charge in [-0.25, -0.2) is 0 Å². The summed E-state index contributed by atoms with van der Waals surface area (Å²) in [6, 6.07) is 10.6. The molecule has 1 aromatic carbocycles. The lowest BCUT2D eigenvalue weighted by molar-refractivity contribution is 1.32. The van der Waals surface area contributed by atoms with Gasteiger partial charge in [-0.3, -0.25) is 4.98 Å². The van der Waals surface area contributed by atoms with Crippen molar-refractivity contribution in [3.63, 3.8) is 0 Å². The molecule has 0 radical (unpaired) electrons. The Balaban J connectivity index is 2.46. The van der Waals surface area contributed by atoms with Crippen LogP contribution >= 0.6 is 0 Å². The number of hydrogen-bond acceptors (Lipinski definition) is 1. The van der Waals surface area contributed by atoms with Gasteiger partial charge in [0.1, 0.15) is 0 Å². The van der Waals surface area contributed by atoms with Gasteiger partial charge < -0.3 is 0 Å². The molecule has 0 spiro atoms. The van der Waals surface area contributed by atoms with Crippen LogP contribution in [-0.4, -0.2) is 11.7 Å². The molecule has 0 N–H and O–H groups in total. The Morgan fingerprint density at radius 2 is 1.87 bits per heavy atom. The smallest absolute Gasteiger partial charge is 0.177 e. The second kappa shape index (κ2) is 4.48. The Kier molecular flexibility index (Phi) is 3.05. The first-order valence-corrected chi connectivity index (χ1v) is 5.69. The van der Waals surface area contributed by atoms with Gasteiger partial charge in [-0.2, -0.15) is 0 Å². The minimum atomic E-state index is 0.655. The molecule has 0 saturated carbocycles. The molecule has 0 saturated heterocycles. The molecule has 2 rings (SSSR count). The van der Waals surface area contributed by atoms with Gasteiger partial charge >= 0.3 is 0 Å². The normalized spacial score (nSPS) is 10.5. The molecule has 1 aromatic heterocycles. The fourth-order valence-electron chi connectivity index (χ4n) is 2.07. The van der Waals surface area contributed by atoms with E-state index in [2.05, 4.69) is 43.1 Å². The maximum Gasteiger partial charge on any atom is 0.177 e. The van der Waals surface area contributed by atoms with E-state index in [1.165, 1.54) is 23.5 Å². The average molecular weight is 197 g/mol. The number of para-hydroxylation sites is 1. The van der Waals surface area contributed by atoms with Crippen molar-refractivity contribution in [2.45, 2.75) is 26.5 Å². The molecule has 15 heavy (non-hydrogen) atoms. The predicted molar refractivity (Wildman–Crippen MR) is 68.1 cm³/mol. The Labute approximate surface area is 91.6 Å². The molecule has 1 nitrogen and oxygen atoms in total. The summed E-state index contributed by atoms with van der Waals surface area (Å²) in [7, 11) is 0. The van der Waals surface area contributed by atoms with Crippen LogP contribution in [0.15, 0.2) is 36.5 Å². The van der Waals surface area contributed by atoms with Crippen LogP contribution in [0.3, 0.4) is 0 Å². The summed E-state index contributed by atoms with van der Waals surface area (Å²) in [5.41, 5.74) is 2.46. The summed E-state index contributed by atoms with van der Waals surface area (Å²) in [6.45, 7) is 5.13. The number of pyridine rings is 1. The Morgan fingerprint density at radius 1 is 1.13 bits per heavy atom. The molecule has 1 heterocycles. The Bertz CT molecular complexity index is 449. The summed E-state index contributed by atoms with van der Waals surface area (Å²) >= 11 is 0. The highest BCUT2D eigenvalue weighted by Crippen LogP contribution is 2.09.